The number of ether oxygens (including phenoxy) is 2. The molecule has 1 aromatic carbocycles. The van der Waals surface area contributed by atoms with Gasteiger partial charge in [-0.05, 0) is 43.3 Å². The van der Waals surface area contributed by atoms with Crippen LogP contribution in [0.1, 0.15) is 22.6 Å². The number of thiophene rings is 1. The number of carbonyl (C=O) groups is 1. The maximum atomic E-state index is 12.0. The van der Waals surface area contributed by atoms with E-state index in [1.165, 1.54) is 0 Å². The van der Waals surface area contributed by atoms with E-state index in [-0.39, 0.29) is 19.0 Å². The van der Waals surface area contributed by atoms with Gasteiger partial charge in [-0.15, -0.1) is 11.3 Å². The van der Waals surface area contributed by atoms with Crippen molar-refractivity contribution in [3.8, 4) is 16.5 Å². The predicted molar refractivity (Wildman–Crippen MR) is 101 cm³/mol. The molecular weight excluding hydrogens is 350 g/mol. The minimum absolute atomic E-state index is 0.0874. The Kier molecular flexibility index (Phi) is 5.73. The second-order valence-corrected chi connectivity index (χ2v) is 6.91. The fourth-order valence-electron chi connectivity index (χ4n) is 2.61. The van der Waals surface area contributed by atoms with Crippen molar-refractivity contribution in [2.75, 3.05) is 13.2 Å². The van der Waals surface area contributed by atoms with Gasteiger partial charge in [-0.3, -0.25) is 4.79 Å². The zero-order valence-electron chi connectivity index (χ0n) is 15.1. The molecule has 3 rings (SSSR count). The lowest BCUT2D eigenvalue weighted by Crippen LogP contribution is -2.15. The highest BCUT2D eigenvalue weighted by molar-refractivity contribution is 7.13. The third-order valence-electron chi connectivity index (χ3n) is 3.94. The number of rotatable bonds is 7. The summed E-state index contributed by atoms with van der Waals surface area (Å²) in [5.41, 5.74) is 2.74. The van der Waals surface area contributed by atoms with Gasteiger partial charge in [-0.25, -0.2) is 4.98 Å². The highest BCUT2D eigenvalue weighted by atomic mass is 32.1. The van der Waals surface area contributed by atoms with E-state index in [2.05, 4.69) is 4.98 Å². The average molecular weight is 371 g/mol. The molecule has 0 fully saturated rings. The quantitative estimate of drug-likeness (QED) is 0.452. The molecule has 0 bridgehead atoms. The smallest absolute Gasteiger partial charge is 0.312 e. The molecule has 136 valence electrons. The van der Waals surface area contributed by atoms with Gasteiger partial charge in [0.25, 0.3) is 0 Å². The molecule has 2 aromatic heterocycles. The summed E-state index contributed by atoms with van der Waals surface area (Å²) < 4.78 is 16.6. The van der Waals surface area contributed by atoms with Gasteiger partial charge in [0.2, 0.25) is 5.89 Å². The van der Waals surface area contributed by atoms with Gasteiger partial charge in [0.05, 0.1) is 17.0 Å². The van der Waals surface area contributed by atoms with Crippen LogP contribution in [-0.2, 0) is 16.0 Å². The predicted octanol–water partition coefficient (Wildman–Crippen LogP) is 4.49. The van der Waals surface area contributed by atoms with Gasteiger partial charge >= 0.3 is 5.97 Å². The van der Waals surface area contributed by atoms with Crippen molar-refractivity contribution in [3.05, 3.63) is 58.3 Å². The van der Waals surface area contributed by atoms with Crippen molar-refractivity contribution in [2.24, 2.45) is 0 Å². The van der Waals surface area contributed by atoms with Gasteiger partial charge in [-0.2, -0.15) is 0 Å². The zero-order chi connectivity index (χ0) is 18.5. The topological polar surface area (TPSA) is 61.6 Å². The number of esters is 1. The Hall–Kier alpha value is -2.60. The molecule has 0 atom stereocenters. The van der Waals surface area contributed by atoms with Crippen LogP contribution in [0.2, 0.25) is 0 Å². The molecule has 0 amide bonds. The first kappa shape index (κ1) is 18.2. The van der Waals surface area contributed by atoms with Gasteiger partial charge in [0, 0.05) is 0 Å². The molecule has 5 nitrogen and oxygen atoms in total. The normalized spacial score (nSPS) is 10.7. The van der Waals surface area contributed by atoms with Crippen LogP contribution >= 0.6 is 11.3 Å². The fourth-order valence-corrected chi connectivity index (χ4v) is 3.26. The van der Waals surface area contributed by atoms with E-state index in [0.717, 1.165) is 21.8 Å². The summed E-state index contributed by atoms with van der Waals surface area (Å²) in [5, 5.41) is 1.96. The molecule has 26 heavy (non-hydrogen) atoms. The van der Waals surface area contributed by atoms with E-state index in [9.17, 15) is 4.79 Å². The number of carbonyl (C=O) groups excluding carboxylic acids is 1. The summed E-state index contributed by atoms with van der Waals surface area (Å²) in [7, 11) is 0. The number of benzene rings is 1. The van der Waals surface area contributed by atoms with Crippen LogP contribution in [0.15, 0.2) is 40.1 Å². The monoisotopic (exact) mass is 371 g/mol. The molecule has 0 spiro atoms. The summed E-state index contributed by atoms with van der Waals surface area (Å²) in [6.45, 7) is 6.30. The summed E-state index contributed by atoms with van der Waals surface area (Å²) in [6, 6.07) is 9.84. The maximum Gasteiger partial charge on any atom is 0.312 e. The third-order valence-corrected chi connectivity index (χ3v) is 4.80. The van der Waals surface area contributed by atoms with E-state index in [0.29, 0.717) is 24.0 Å². The van der Waals surface area contributed by atoms with Crippen molar-refractivity contribution in [1.82, 2.24) is 4.98 Å². The Bertz CT molecular complexity index is 863. The summed E-state index contributed by atoms with van der Waals surface area (Å²) >= 11 is 1.54. The average Bonchev–Trinajstić information content (AvgIpc) is 3.24. The highest BCUT2D eigenvalue weighted by Crippen LogP contribution is 2.26. The number of para-hydroxylation sites is 1. The molecule has 3 aromatic rings. The zero-order valence-corrected chi connectivity index (χ0v) is 15.9. The molecular formula is C20H21NO4S. The summed E-state index contributed by atoms with van der Waals surface area (Å²) in [6.07, 6.45) is 0.0874. The maximum absolute atomic E-state index is 12.0. The van der Waals surface area contributed by atoms with E-state index < -0.39 is 0 Å². The second kappa shape index (κ2) is 8.19. The van der Waals surface area contributed by atoms with Crippen LogP contribution in [0.25, 0.3) is 10.8 Å². The van der Waals surface area contributed by atoms with Crippen LogP contribution in [-0.4, -0.2) is 24.2 Å². The van der Waals surface area contributed by atoms with Gasteiger partial charge < -0.3 is 13.9 Å². The minimum atomic E-state index is -0.343. The van der Waals surface area contributed by atoms with E-state index in [4.69, 9.17) is 13.9 Å². The van der Waals surface area contributed by atoms with Crippen molar-refractivity contribution in [2.45, 2.75) is 27.2 Å². The molecule has 0 N–H and O–H groups in total. The summed E-state index contributed by atoms with van der Waals surface area (Å²) in [4.78, 5) is 17.4. The standard InChI is InChI=1S/C20H21NO4S/c1-13-6-4-7-14(2)19(13)24-10-9-23-18(22)12-16-15(3)25-20(21-16)17-8-5-11-26-17/h4-8,11H,9-10,12H2,1-3H3. The third kappa shape index (κ3) is 4.32. The molecule has 0 aliphatic rings. The molecule has 6 heteroatoms. The molecule has 2 heterocycles. The molecule has 0 aliphatic carbocycles. The number of hydrogen-bond donors (Lipinski definition) is 0. The SMILES string of the molecule is Cc1cccc(C)c1OCCOC(=O)Cc1nc(-c2cccs2)oc1C. The second-order valence-electron chi connectivity index (χ2n) is 5.97. The highest BCUT2D eigenvalue weighted by Gasteiger charge is 2.16. The molecule has 0 unspecified atom stereocenters. The molecule has 0 radical (unpaired) electrons. The largest absolute Gasteiger partial charge is 0.489 e. The first-order chi connectivity index (χ1) is 12.5. The number of hydrogen-bond acceptors (Lipinski definition) is 6. The fraction of sp³-hybridized carbons (Fsp3) is 0.300. The van der Waals surface area contributed by atoms with Crippen LogP contribution in [0.5, 0.6) is 5.75 Å². The Morgan fingerprint density at radius 1 is 1.12 bits per heavy atom. The van der Waals surface area contributed by atoms with Crippen molar-refractivity contribution >= 4 is 17.3 Å². The van der Waals surface area contributed by atoms with Crippen molar-refractivity contribution in [3.63, 3.8) is 0 Å². The van der Waals surface area contributed by atoms with E-state index >= 15 is 0 Å². The lowest BCUT2D eigenvalue weighted by atomic mass is 10.1. The molecule has 0 saturated carbocycles. The van der Waals surface area contributed by atoms with Crippen molar-refractivity contribution in [1.29, 1.82) is 0 Å². The van der Waals surface area contributed by atoms with Gasteiger partial charge in [0.15, 0.2) is 0 Å². The first-order valence-electron chi connectivity index (χ1n) is 8.39. The Morgan fingerprint density at radius 3 is 2.58 bits per heavy atom. The number of aromatic nitrogens is 1. The van der Waals surface area contributed by atoms with E-state index in [1.54, 1.807) is 18.3 Å². The first-order valence-corrected chi connectivity index (χ1v) is 9.27. The van der Waals surface area contributed by atoms with Gasteiger partial charge in [0.1, 0.15) is 24.7 Å². The Labute approximate surface area is 156 Å². The van der Waals surface area contributed by atoms with E-state index in [1.807, 2.05) is 49.6 Å². The summed E-state index contributed by atoms with van der Waals surface area (Å²) in [5.74, 6) is 1.68. The van der Waals surface area contributed by atoms with Crippen molar-refractivity contribution < 1.29 is 18.7 Å². The Balaban J connectivity index is 1.49. The molecule has 0 saturated heterocycles. The van der Waals surface area contributed by atoms with Crippen LogP contribution in [0.4, 0.5) is 0 Å². The lowest BCUT2D eigenvalue weighted by Gasteiger charge is -2.11. The lowest BCUT2D eigenvalue weighted by molar-refractivity contribution is -0.143. The van der Waals surface area contributed by atoms with Crippen LogP contribution in [0, 0.1) is 20.8 Å². The van der Waals surface area contributed by atoms with Crippen LogP contribution in [0.3, 0.4) is 0 Å². The van der Waals surface area contributed by atoms with Crippen LogP contribution < -0.4 is 4.74 Å². The Morgan fingerprint density at radius 2 is 1.88 bits per heavy atom. The minimum Gasteiger partial charge on any atom is -0.489 e. The molecule has 0 aliphatic heterocycles. The number of oxazole rings is 1. The van der Waals surface area contributed by atoms with Gasteiger partial charge in [-0.1, -0.05) is 24.3 Å². The number of nitrogens with zero attached hydrogens (tertiary/aromatic N) is 1. The number of aryl methyl sites for hydroxylation is 3.